The molecule has 0 atom stereocenters. The van der Waals surface area contributed by atoms with Crippen LogP contribution in [-0.2, 0) is 4.79 Å². The number of rotatable bonds is 3. The molecule has 4 aliphatic carbocycles. The van der Waals surface area contributed by atoms with E-state index in [1.54, 1.807) is 0 Å². The summed E-state index contributed by atoms with van der Waals surface area (Å²) in [6.07, 6.45) is 7.68. The van der Waals surface area contributed by atoms with E-state index in [2.05, 4.69) is 38.1 Å². The van der Waals surface area contributed by atoms with Gasteiger partial charge in [-0.15, -0.1) is 0 Å². The Kier molecular flexibility index (Phi) is 4.99. The highest BCUT2D eigenvalue weighted by Gasteiger charge is 2.54. The van der Waals surface area contributed by atoms with Gasteiger partial charge in [0, 0.05) is 5.41 Å². The fourth-order valence-electron chi connectivity index (χ4n) is 5.86. The minimum absolute atomic E-state index is 0.00509. The van der Waals surface area contributed by atoms with E-state index >= 15 is 0 Å². The number of allylic oxidation sites excluding steroid dienone is 2. The number of benzene rings is 1. The molecule has 1 aromatic carbocycles. The highest BCUT2D eigenvalue weighted by atomic mass is 16.1. The Morgan fingerprint density at radius 3 is 1.79 bits per heavy atom. The smallest absolute Gasteiger partial charge is 0.165 e. The van der Waals surface area contributed by atoms with Crippen LogP contribution >= 0.6 is 0 Å². The van der Waals surface area contributed by atoms with Gasteiger partial charge in [-0.25, -0.2) is 0 Å². The zero-order valence-electron chi connectivity index (χ0n) is 15.8. The van der Waals surface area contributed by atoms with Crippen molar-refractivity contribution in [2.45, 2.75) is 66.2 Å². The van der Waals surface area contributed by atoms with Crippen molar-refractivity contribution < 1.29 is 4.79 Å². The van der Waals surface area contributed by atoms with Crippen LogP contribution < -0.4 is 0 Å². The van der Waals surface area contributed by atoms with Gasteiger partial charge in [-0.05, 0) is 86.8 Å². The molecule has 1 nitrogen and oxygen atoms in total. The molecule has 4 saturated carbocycles. The molecule has 5 rings (SSSR count). The first-order valence-electron chi connectivity index (χ1n) is 9.85. The topological polar surface area (TPSA) is 17.1 Å². The van der Waals surface area contributed by atoms with E-state index < -0.39 is 0 Å². The van der Waals surface area contributed by atoms with Gasteiger partial charge in [-0.3, -0.25) is 4.79 Å². The molecule has 0 aromatic heterocycles. The van der Waals surface area contributed by atoms with Crippen LogP contribution in [0.25, 0.3) is 5.57 Å². The van der Waals surface area contributed by atoms with Crippen LogP contribution in [0.4, 0.5) is 0 Å². The molecule has 0 saturated heterocycles. The third kappa shape index (κ3) is 2.98. The number of carbonyl (C=O) groups is 1. The van der Waals surface area contributed by atoms with Crippen LogP contribution in [0.5, 0.6) is 0 Å². The van der Waals surface area contributed by atoms with Crippen LogP contribution in [-0.4, -0.2) is 5.78 Å². The third-order valence-corrected chi connectivity index (χ3v) is 6.63. The van der Waals surface area contributed by atoms with Crippen molar-refractivity contribution in [2.24, 2.45) is 23.2 Å². The molecule has 0 radical (unpaired) electrons. The van der Waals surface area contributed by atoms with Crippen molar-refractivity contribution >= 4 is 11.4 Å². The van der Waals surface area contributed by atoms with Crippen molar-refractivity contribution in [3.8, 4) is 0 Å². The zero-order valence-corrected chi connectivity index (χ0v) is 15.8. The van der Waals surface area contributed by atoms with Gasteiger partial charge in [-0.1, -0.05) is 44.2 Å². The lowest BCUT2D eigenvalue weighted by Gasteiger charge is -2.56. The van der Waals surface area contributed by atoms with E-state index in [1.807, 2.05) is 19.9 Å². The molecule has 24 heavy (non-hydrogen) atoms. The molecule has 1 aromatic rings. The monoisotopic (exact) mass is 324 g/mol. The summed E-state index contributed by atoms with van der Waals surface area (Å²) in [6, 6.07) is 10.4. The molecule has 0 unspecified atom stereocenters. The largest absolute Gasteiger partial charge is 0.294 e. The summed E-state index contributed by atoms with van der Waals surface area (Å²) in [5, 5.41) is 0. The van der Waals surface area contributed by atoms with Crippen LogP contribution in [0, 0.1) is 23.2 Å². The highest BCUT2D eigenvalue weighted by Crippen LogP contribution is 2.61. The molecular formula is C23H32O. The van der Waals surface area contributed by atoms with Gasteiger partial charge < -0.3 is 0 Å². The van der Waals surface area contributed by atoms with E-state index in [9.17, 15) is 4.79 Å². The van der Waals surface area contributed by atoms with E-state index in [-0.39, 0.29) is 5.41 Å². The second kappa shape index (κ2) is 6.86. The Morgan fingerprint density at radius 1 is 0.875 bits per heavy atom. The van der Waals surface area contributed by atoms with E-state index in [4.69, 9.17) is 0 Å². The number of ketones is 1. The summed E-state index contributed by atoms with van der Waals surface area (Å²) >= 11 is 0. The highest BCUT2D eigenvalue weighted by molar-refractivity contribution is 6.05. The van der Waals surface area contributed by atoms with Gasteiger partial charge in [0.05, 0.1) is 0 Å². The van der Waals surface area contributed by atoms with E-state index in [0.717, 1.165) is 42.6 Å². The summed E-state index contributed by atoms with van der Waals surface area (Å²) < 4.78 is 0. The van der Waals surface area contributed by atoms with Crippen molar-refractivity contribution in [1.29, 1.82) is 0 Å². The quantitative estimate of drug-likeness (QED) is 0.597. The van der Waals surface area contributed by atoms with E-state index in [0.29, 0.717) is 5.78 Å². The predicted octanol–water partition coefficient (Wildman–Crippen LogP) is 6.29. The lowest BCUT2D eigenvalue weighted by atomic mass is 9.48. The Hall–Kier alpha value is -1.37. The number of hydrogen-bond acceptors (Lipinski definition) is 1. The normalized spacial score (nSPS) is 34.2. The van der Waals surface area contributed by atoms with Gasteiger partial charge in [0.2, 0.25) is 0 Å². The first-order chi connectivity index (χ1) is 11.6. The SMILES string of the molecule is C/C(C(=O)C12CC3CC(CC(C3)C1)C2)=C(/C)c1ccccc1.CC. The minimum Gasteiger partial charge on any atom is -0.294 e. The Balaban J connectivity index is 0.000000815. The van der Waals surface area contributed by atoms with Crippen LogP contribution in [0.3, 0.4) is 0 Å². The number of Topliss-reactive ketones (excluding diaryl/α,β-unsaturated/α-hetero) is 1. The lowest BCUT2D eigenvalue weighted by Crippen LogP contribution is -2.50. The first kappa shape index (κ1) is 17.5. The summed E-state index contributed by atoms with van der Waals surface area (Å²) in [7, 11) is 0. The molecule has 0 aliphatic heterocycles. The standard InChI is InChI=1S/C21H26O.C2H6/c1-14(19-6-4-3-5-7-19)15(2)20(22)21-11-16-8-17(12-21)10-18(9-16)13-21;1-2/h3-7,16-18H,8-13H2,1-2H3;1-2H3/b15-14+;. The molecule has 0 N–H and O–H groups in total. The maximum atomic E-state index is 13.4. The van der Waals surface area contributed by atoms with Gasteiger partial charge >= 0.3 is 0 Å². The first-order valence-corrected chi connectivity index (χ1v) is 9.85. The molecule has 130 valence electrons. The van der Waals surface area contributed by atoms with Crippen molar-refractivity contribution in [1.82, 2.24) is 0 Å². The summed E-state index contributed by atoms with van der Waals surface area (Å²) in [5.41, 5.74) is 3.36. The molecule has 4 bridgehead atoms. The maximum Gasteiger partial charge on any atom is 0.165 e. The molecule has 4 aliphatic rings. The number of hydrogen-bond donors (Lipinski definition) is 0. The van der Waals surface area contributed by atoms with Crippen LogP contribution in [0.15, 0.2) is 35.9 Å². The minimum atomic E-state index is -0.00509. The Bertz CT molecular complexity index is 587. The zero-order chi connectivity index (χ0) is 17.3. The summed E-state index contributed by atoms with van der Waals surface area (Å²) in [5.74, 6) is 2.97. The predicted molar refractivity (Wildman–Crippen MR) is 102 cm³/mol. The van der Waals surface area contributed by atoms with Gasteiger partial charge in [0.25, 0.3) is 0 Å². The van der Waals surface area contributed by atoms with Crippen molar-refractivity contribution in [3.63, 3.8) is 0 Å². The van der Waals surface area contributed by atoms with Crippen LogP contribution in [0.2, 0.25) is 0 Å². The van der Waals surface area contributed by atoms with E-state index in [1.165, 1.54) is 30.4 Å². The Labute approximate surface area is 147 Å². The van der Waals surface area contributed by atoms with Crippen LogP contribution in [0.1, 0.15) is 71.8 Å². The maximum absolute atomic E-state index is 13.4. The third-order valence-electron chi connectivity index (χ3n) is 6.63. The molecule has 0 heterocycles. The number of carbonyl (C=O) groups excluding carboxylic acids is 1. The van der Waals surface area contributed by atoms with Gasteiger partial charge in [-0.2, -0.15) is 0 Å². The molecule has 1 heteroatoms. The second-order valence-electron chi connectivity index (χ2n) is 8.14. The van der Waals surface area contributed by atoms with Crippen molar-refractivity contribution in [3.05, 3.63) is 41.5 Å². The second-order valence-corrected chi connectivity index (χ2v) is 8.14. The molecule has 4 fully saturated rings. The average Bonchev–Trinajstić information content (AvgIpc) is 2.61. The fourth-order valence-corrected chi connectivity index (χ4v) is 5.86. The fraction of sp³-hybridized carbons (Fsp3) is 0.609. The van der Waals surface area contributed by atoms with Gasteiger partial charge in [0.15, 0.2) is 5.78 Å². The molecular weight excluding hydrogens is 292 g/mol. The average molecular weight is 325 g/mol. The molecule has 0 amide bonds. The van der Waals surface area contributed by atoms with Gasteiger partial charge in [0.1, 0.15) is 0 Å². The lowest BCUT2D eigenvalue weighted by molar-refractivity contribution is -0.139. The van der Waals surface area contributed by atoms with Crippen molar-refractivity contribution in [2.75, 3.05) is 0 Å². The summed E-state index contributed by atoms with van der Waals surface area (Å²) in [4.78, 5) is 13.4. The summed E-state index contributed by atoms with van der Waals surface area (Å²) in [6.45, 7) is 8.17. The molecule has 0 spiro atoms. The Morgan fingerprint density at radius 2 is 1.33 bits per heavy atom.